The molecule has 3 nitrogen and oxygen atoms in total. The second-order valence-corrected chi connectivity index (χ2v) is 4.46. The van der Waals surface area contributed by atoms with Gasteiger partial charge in [0.05, 0.1) is 0 Å². The first-order chi connectivity index (χ1) is 7.75. The first-order valence-electron chi connectivity index (χ1n) is 5.41. The van der Waals surface area contributed by atoms with Gasteiger partial charge in [0.25, 0.3) is 0 Å². The summed E-state index contributed by atoms with van der Waals surface area (Å²) in [6, 6.07) is 9.11. The van der Waals surface area contributed by atoms with Gasteiger partial charge in [-0.3, -0.25) is 0 Å². The van der Waals surface area contributed by atoms with Crippen molar-refractivity contribution >= 4 is 17.7 Å². The van der Waals surface area contributed by atoms with Gasteiger partial charge in [-0.1, -0.05) is 18.2 Å². The van der Waals surface area contributed by atoms with E-state index < -0.39 is 0 Å². The van der Waals surface area contributed by atoms with Crippen molar-refractivity contribution < 1.29 is 9.53 Å². The van der Waals surface area contributed by atoms with E-state index in [-0.39, 0.29) is 11.5 Å². The number of hydrogen-bond acceptors (Lipinski definition) is 2. The van der Waals surface area contributed by atoms with Crippen LogP contribution < -0.4 is 4.74 Å². The summed E-state index contributed by atoms with van der Waals surface area (Å²) in [4.78, 5) is 13.4. The predicted molar refractivity (Wildman–Crippen MR) is 62.9 cm³/mol. The Labute approximate surface area is 100.0 Å². The van der Waals surface area contributed by atoms with Crippen molar-refractivity contribution in [1.29, 1.82) is 0 Å². The largest absolute Gasteiger partial charge is 0.415 e. The lowest BCUT2D eigenvalue weighted by atomic mass is 10.1. The molecule has 1 amide bonds. The Morgan fingerprint density at radius 3 is 2.50 bits per heavy atom. The van der Waals surface area contributed by atoms with Gasteiger partial charge in [-0.15, -0.1) is 11.6 Å². The molecule has 0 atom stereocenters. The number of carbonyl (C=O) groups is 1. The summed E-state index contributed by atoms with van der Waals surface area (Å²) in [5.41, 5.74) is 0. The van der Waals surface area contributed by atoms with Crippen LogP contribution in [0.1, 0.15) is 12.8 Å². The standard InChI is InChI=1S/C12H14ClNO2/c13-10-6-8-14(9-7-10)12(15)16-11-4-2-1-3-5-11/h1-5,10H,6-9H2. The van der Waals surface area contributed by atoms with Gasteiger partial charge in [-0.2, -0.15) is 0 Å². The molecule has 1 heterocycles. The molecule has 16 heavy (non-hydrogen) atoms. The van der Waals surface area contributed by atoms with Crippen LogP contribution in [0.25, 0.3) is 0 Å². The van der Waals surface area contributed by atoms with Crippen LogP contribution in [-0.4, -0.2) is 29.5 Å². The molecule has 0 spiro atoms. The lowest BCUT2D eigenvalue weighted by Gasteiger charge is -2.28. The molecule has 1 aromatic carbocycles. The van der Waals surface area contributed by atoms with Crippen LogP contribution in [0.5, 0.6) is 5.75 Å². The molecule has 0 bridgehead atoms. The zero-order chi connectivity index (χ0) is 11.4. The molecule has 0 saturated carbocycles. The van der Waals surface area contributed by atoms with Gasteiger partial charge in [-0.05, 0) is 25.0 Å². The Kier molecular flexibility index (Phi) is 3.67. The molecule has 1 fully saturated rings. The van der Waals surface area contributed by atoms with Crippen LogP contribution in [0.4, 0.5) is 4.79 Å². The summed E-state index contributed by atoms with van der Waals surface area (Å²) in [7, 11) is 0. The Morgan fingerprint density at radius 2 is 1.88 bits per heavy atom. The molecule has 1 saturated heterocycles. The maximum Gasteiger partial charge on any atom is 0.415 e. The van der Waals surface area contributed by atoms with E-state index in [9.17, 15) is 4.79 Å². The average molecular weight is 240 g/mol. The highest BCUT2D eigenvalue weighted by Gasteiger charge is 2.22. The number of hydrogen-bond donors (Lipinski definition) is 0. The highest BCUT2D eigenvalue weighted by molar-refractivity contribution is 6.20. The van der Waals surface area contributed by atoms with E-state index in [1.54, 1.807) is 17.0 Å². The molecule has 0 aromatic heterocycles. The fourth-order valence-electron chi connectivity index (χ4n) is 1.68. The number of piperidine rings is 1. The molecular formula is C12H14ClNO2. The first kappa shape index (κ1) is 11.3. The second kappa shape index (κ2) is 5.21. The van der Waals surface area contributed by atoms with Crippen LogP contribution in [-0.2, 0) is 0 Å². The lowest BCUT2D eigenvalue weighted by Crippen LogP contribution is -2.40. The van der Waals surface area contributed by atoms with Crippen LogP contribution in [0, 0.1) is 0 Å². The number of nitrogens with zero attached hydrogens (tertiary/aromatic N) is 1. The fraction of sp³-hybridized carbons (Fsp3) is 0.417. The number of para-hydroxylation sites is 1. The number of alkyl halides is 1. The van der Waals surface area contributed by atoms with Crippen molar-refractivity contribution in [3.8, 4) is 5.75 Å². The number of ether oxygens (including phenoxy) is 1. The van der Waals surface area contributed by atoms with E-state index in [2.05, 4.69) is 0 Å². The van der Waals surface area contributed by atoms with E-state index in [0.29, 0.717) is 18.8 Å². The number of amides is 1. The van der Waals surface area contributed by atoms with E-state index in [1.807, 2.05) is 18.2 Å². The molecule has 0 aliphatic carbocycles. The minimum atomic E-state index is -0.283. The summed E-state index contributed by atoms with van der Waals surface area (Å²) < 4.78 is 5.23. The minimum Gasteiger partial charge on any atom is -0.410 e. The van der Waals surface area contributed by atoms with Crippen molar-refractivity contribution in [3.05, 3.63) is 30.3 Å². The Morgan fingerprint density at radius 1 is 1.25 bits per heavy atom. The Balaban J connectivity index is 1.89. The van der Waals surface area contributed by atoms with Gasteiger partial charge in [-0.25, -0.2) is 4.79 Å². The number of rotatable bonds is 1. The molecule has 0 radical (unpaired) electrons. The van der Waals surface area contributed by atoms with Crippen molar-refractivity contribution in [3.63, 3.8) is 0 Å². The van der Waals surface area contributed by atoms with Gasteiger partial charge >= 0.3 is 6.09 Å². The highest BCUT2D eigenvalue weighted by Crippen LogP contribution is 2.17. The monoisotopic (exact) mass is 239 g/mol. The molecule has 1 aliphatic heterocycles. The van der Waals surface area contributed by atoms with Gasteiger partial charge in [0.1, 0.15) is 5.75 Å². The third kappa shape index (κ3) is 2.89. The van der Waals surface area contributed by atoms with E-state index in [4.69, 9.17) is 16.3 Å². The quantitative estimate of drug-likeness (QED) is 0.706. The summed E-state index contributed by atoms with van der Waals surface area (Å²) in [5.74, 6) is 0.584. The van der Waals surface area contributed by atoms with Gasteiger partial charge in [0, 0.05) is 18.5 Å². The van der Waals surface area contributed by atoms with Gasteiger partial charge < -0.3 is 9.64 Å². The summed E-state index contributed by atoms with van der Waals surface area (Å²) in [6.07, 6.45) is 1.39. The van der Waals surface area contributed by atoms with Crippen molar-refractivity contribution in [2.75, 3.05) is 13.1 Å². The molecule has 0 unspecified atom stereocenters. The molecule has 1 aliphatic rings. The summed E-state index contributed by atoms with van der Waals surface area (Å²) in [5, 5.41) is 0.195. The van der Waals surface area contributed by atoms with E-state index in [0.717, 1.165) is 12.8 Å². The van der Waals surface area contributed by atoms with Crippen molar-refractivity contribution in [1.82, 2.24) is 4.90 Å². The average Bonchev–Trinajstić information content (AvgIpc) is 2.31. The normalized spacial score (nSPS) is 17.2. The molecular weight excluding hydrogens is 226 g/mol. The molecule has 86 valence electrons. The summed E-state index contributed by atoms with van der Waals surface area (Å²) >= 11 is 5.97. The number of halogens is 1. The van der Waals surface area contributed by atoms with Crippen LogP contribution in [0.3, 0.4) is 0 Å². The number of carbonyl (C=O) groups excluding carboxylic acids is 1. The summed E-state index contributed by atoms with van der Waals surface area (Å²) in [6.45, 7) is 1.36. The van der Waals surface area contributed by atoms with Crippen molar-refractivity contribution in [2.45, 2.75) is 18.2 Å². The Hall–Kier alpha value is -1.22. The first-order valence-corrected chi connectivity index (χ1v) is 5.85. The molecule has 4 heteroatoms. The van der Waals surface area contributed by atoms with Gasteiger partial charge in [0.2, 0.25) is 0 Å². The van der Waals surface area contributed by atoms with Gasteiger partial charge in [0.15, 0.2) is 0 Å². The third-order valence-electron chi connectivity index (χ3n) is 2.63. The van der Waals surface area contributed by atoms with E-state index >= 15 is 0 Å². The molecule has 1 aromatic rings. The second-order valence-electron chi connectivity index (χ2n) is 3.84. The zero-order valence-corrected chi connectivity index (χ0v) is 9.69. The van der Waals surface area contributed by atoms with E-state index in [1.165, 1.54) is 0 Å². The SMILES string of the molecule is O=C(Oc1ccccc1)N1CCC(Cl)CC1. The smallest absolute Gasteiger partial charge is 0.410 e. The van der Waals surface area contributed by atoms with Crippen molar-refractivity contribution in [2.24, 2.45) is 0 Å². The fourth-order valence-corrected chi connectivity index (χ4v) is 1.88. The highest BCUT2D eigenvalue weighted by atomic mass is 35.5. The third-order valence-corrected chi connectivity index (χ3v) is 3.07. The maximum absolute atomic E-state index is 11.7. The minimum absolute atomic E-state index is 0.195. The zero-order valence-electron chi connectivity index (χ0n) is 8.93. The van der Waals surface area contributed by atoms with Crippen LogP contribution >= 0.6 is 11.6 Å². The Bertz CT molecular complexity index is 347. The topological polar surface area (TPSA) is 29.5 Å². The number of likely N-dealkylation sites (tertiary alicyclic amines) is 1. The molecule has 2 rings (SSSR count). The van der Waals surface area contributed by atoms with Crippen LogP contribution in [0.15, 0.2) is 30.3 Å². The van der Waals surface area contributed by atoms with Crippen LogP contribution in [0.2, 0.25) is 0 Å². The lowest BCUT2D eigenvalue weighted by molar-refractivity contribution is 0.143. The maximum atomic E-state index is 11.7. The predicted octanol–water partition coefficient (Wildman–Crippen LogP) is 2.89. The molecule has 0 N–H and O–H groups in total. The number of benzene rings is 1.